The summed E-state index contributed by atoms with van der Waals surface area (Å²) in [7, 11) is 0. The summed E-state index contributed by atoms with van der Waals surface area (Å²) in [6.07, 6.45) is 4.17. The average molecular weight is 372 g/mol. The molecule has 1 aromatic rings. The van der Waals surface area contributed by atoms with Crippen molar-refractivity contribution in [2.45, 2.75) is 37.3 Å². The number of likely N-dealkylation sites (tertiary alicyclic amines) is 1. The first-order valence-electron chi connectivity index (χ1n) is 10.2. The number of hydrogen-bond donors (Lipinski definition) is 2. The van der Waals surface area contributed by atoms with Gasteiger partial charge in [-0.3, -0.25) is 4.79 Å². The minimum atomic E-state index is -0.318. The van der Waals surface area contributed by atoms with Crippen molar-refractivity contribution >= 4 is 11.6 Å². The Balaban J connectivity index is 1.16. The molecular formula is C20H28N4O3. The van der Waals surface area contributed by atoms with Crippen LogP contribution in [0.4, 0.5) is 5.69 Å². The summed E-state index contributed by atoms with van der Waals surface area (Å²) in [5, 5.41) is 6.52. The Bertz CT molecular complexity index is 709. The van der Waals surface area contributed by atoms with Crippen LogP contribution in [0.25, 0.3) is 0 Å². The van der Waals surface area contributed by atoms with E-state index in [0.29, 0.717) is 12.8 Å². The molecule has 4 heterocycles. The summed E-state index contributed by atoms with van der Waals surface area (Å²) >= 11 is 0. The number of piperazine rings is 1. The van der Waals surface area contributed by atoms with Crippen molar-refractivity contribution in [2.75, 3.05) is 51.0 Å². The zero-order valence-electron chi connectivity index (χ0n) is 15.7. The quantitative estimate of drug-likeness (QED) is 0.806. The van der Waals surface area contributed by atoms with Gasteiger partial charge in [-0.05, 0) is 37.8 Å². The van der Waals surface area contributed by atoms with Crippen LogP contribution in [0.2, 0.25) is 0 Å². The molecule has 0 saturated carbocycles. The number of carbonyl (C=O) groups excluding carboxylic acids is 1. The van der Waals surface area contributed by atoms with Gasteiger partial charge in [-0.25, -0.2) is 0 Å². The number of ether oxygens (including phenoxy) is 2. The Morgan fingerprint density at radius 3 is 2.56 bits per heavy atom. The molecule has 0 radical (unpaired) electrons. The molecule has 7 nitrogen and oxygen atoms in total. The largest absolute Gasteiger partial charge is 0.454 e. The third-order valence-electron chi connectivity index (χ3n) is 6.66. The van der Waals surface area contributed by atoms with Crippen molar-refractivity contribution in [3.8, 4) is 11.5 Å². The number of rotatable bonds is 2. The molecule has 3 fully saturated rings. The van der Waals surface area contributed by atoms with Gasteiger partial charge in [0.15, 0.2) is 11.5 Å². The molecule has 0 aliphatic carbocycles. The van der Waals surface area contributed by atoms with Crippen LogP contribution in [0, 0.1) is 0 Å². The van der Waals surface area contributed by atoms with Gasteiger partial charge in [-0.2, -0.15) is 0 Å². The number of piperidine rings is 2. The number of carbonyl (C=O) groups is 1. The second-order valence-corrected chi connectivity index (χ2v) is 8.06. The number of anilines is 1. The highest BCUT2D eigenvalue weighted by Gasteiger charge is 2.43. The lowest BCUT2D eigenvalue weighted by Gasteiger charge is -2.47. The normalized spacial score (nSPS) is 25.6. The van der Waals surface area contributed by atoms with Gasteiger partial charge in [0.2, 0.25) is 12.7 Å². The van der Waals surface area contributed by atoms with Crippen LogP contribution < -0.4 is 25.0 Å². The summed E-state index contributed by atoms with van der Waals surface area (Å²) in [6.45, 7) is 6.10. The van der Waals surface area contributed by atoms with Gasteiger partial charge in [0.25, 0.3) is 0 Å². The lowest BCUT2D eigenvalue weighted by atomic mass is 9.84. The SMILES string of the molecule is O=C1NCCNC12CCN(C1CCN(c3ccc4c(c3)OCO4)CC1)CC2. The minimum Gasteiger partial charge on any atom is -0.454 e. The zero-order chi connectivity index (χ0) is 18.3. The molecule has 0 aromatic heterocycles. The molecule has 1 spiro atoms. The van der Waals surface area contributed by atoms with Crippen molar-refractivity contribution in [1.82, 2.24) is 15.5 Å². The highest BCUT2D eigenvalue weighted by atomic mass is 16.7. The zero-order valence-corrected chi connectivity index (χ0v) is 15.7. The van der Waals surface area contributed by atoms with Crippen molar-refractivity contribution < 1.29 is 14.3 Å². The highest BCUT2D eigenvalue weighted by Crippen LogP contribution is 2.36. The molecule has 4 aliphatic rings. The second-order valence-electron chi connectivity index (χ2n) is 8.06. The predicted octanol–water partition coefficient (Wildman–Crippen LogP) is 0.938. The van der Waals surface area contributed by atoms with Crippen molar-refractivity contribution in [3.63, 3.8) is 0 Å². The van der Waals surface area contributed by atoms with Crippen LogP contribution in [-0.2, 0) is 4.79 Å². The number of nitrogens with one attached hydrogen (secondary N) is 2. The highest BCUT2D eigenvalue weighted by molar-refractivity contribution is 5.87. The van der Waals surface area contributed by atoms with E-state index in [1.807, 2.05) is 6.07 Å². The predicted molar refractivity (Wildman–Crippen MR) is 102 cm³/mol. The standard InChI is InChI=1S/C20H28N4O3/c25-19-20(22-8-7-21-19)5-11-24(12-6-20)15-3-9-23(10-4-15)16-1-2-17-18(13-16)27-14-26-17/h1-2,13,15,22H,3-12,14H2,(H,21,25). The summed E-state index contributed by atoms with van der Waals surface area (Å²) in [5.41, 5.74) is 0.903. The molecule has 0 bridgehead atoms. The molecule has 1 amide bonds. The van der Waals surface area contributed by atoms with E-state index in [9.17, 15) is 4.79 Å². The second kappa shape index (κ2) is 6.87. The lowest BCUT2D eigenvalue weighted by Crippen LogP contribution is -2.67. The Morgan fingerprint density at radius 1 is 1.00 bits per heavy atom. The van der Waals surface area contributed by atoms with Crippen LogP contribution in [0.15, 0.2) is 18.2 Å². The van der Waals surface area contributed by atoms with Gasteiger partial charge < -0.3 is 29.9 Å². The molecule has 0 unspecified atom stereocenters. The van der Waals surface area contributed by atoms with E-state index in [1.54, 1.807) is 0 Å². The smallest absolute Gasteiger partial charge is 0.240 e. The van der Waals surface area contributed by atoms with Gasteiger partial charge in [-0.15, -0.1) is 0 Å². The summed E-state index contributed by atoms with van der Waals surface area (Å²) in [5.74, 6) is 1.90. The van der Waals surface area contributed by atoms with Crippen LogP contribution in [0.3, 0.4) is 0 Å². The topological polar surface area (TPSA) is 66.1 Å². The molecule has 5 rings (SSSR count). The van der Waals surface area contributed by atoms with Gasteiger partial charge in [0.05, 0.1) is 0 Å². The van der Waals surface area contributed by atoms with Crippen LogP contribution in [-0.4, -0.2) is 68.4 Å². The molecule has 1 aromatic carbocycles. The molecule has 27 heavy (non-hydrogen) atoms. The van der Waals surface area contributed by atoms with E-state index in [2.05, 4.69) is 32.6 Å². The van der Waals surface area contributed by atoms with Gasteiger partial charge in [-0.1, -0.05) is 0 Å². The van der Waals surface area contributed by atoms with Crippen LogP contribution >= 0.6 is 0 Å². The Hall–Kier alpha value is -1.99. The van der Waals surface area contributed by atoms with Crippen LogP contribution in [0.5, 0.6) is 11.5 Å². The van der Waals surface area contributed by atoms with Gasteiger partial charge >= 0.3 is 0 Å². The summed E-state index contributed by atoms with van der Waals surface area (Å²) in [4.78, 5) is 17.4. The minimum absolute atomic E-state index is 0.200. The maximum absolute atomic E-state index is 12.3. The van der Waals surface area contributed by atoms with Crippen molar-refractivity contribution in [1.29, 1.82) is 0 Å². The van der Waals surface area contributed by atoms with E-state index < -0.39 is 0 Å². The fraction of sp³-hybridized carbons (Fsp3) is 0.650. The molecule has 2 N–H and O–H groups in total. The third kappa shape index (κ3) is 3.12. The number of benzene rings is 1. The Labute approximate surface area is 160 Å². The molecule has 4 aliphatic heterocycles. The molecule has 7 heteroatoms. The van der Waals surface area contributed by atoms with E-state index in [1.165, 1.54) is 18.5 Å². The Morgan fingerprint density at radius 2 is 1.78 bits per heavy atom. The maximum atomic E-state index is 12.3. The summed E-state index contributed by atoms with van der Waals surface area (Å²) in [6, 6.07) is 6.86. The first kappa shape index (κ1) is 17.1. The monoisotopic (exact) mass is 372 g/mol. The van der Waals surface area contributed by atoms with Crippen LogP contribution in [0.1, 0.15) is 25.7 Å². The number of hydrogen-bond acceptors (Lipinski definition) is 6. The van der Waals surface area contributed by atoms with E-state index in [4.69, 9.17) is 9.47 Å². The fourth-order valence-corrected chi connectivity index (χ4v) is 4.97. The first-order valence-corrected chi connectivity index (χ1v) is 10.2. The average Bonchev–Trinajstić information content (AvgIpc) is 3.19. The van der Waals surface area contributed by atoms with E-state index >= 15 is 0 Å². The first-order chi connectivity index (χ1) is 13.2. The molecular weight excluding hydrogens is 344 g/mol. The fourth-order valence-electron chi connectivity index (χ4n) is 4.97. The molecule has 3 saturated heterocycles. The maximum Gasteiger partial charge on any atom is 0.240 e. The lowest BCUT2D eigenvalue weighted by molar-refractivity contribution is -0.131. The van der Waals surface area contributed by atoms with Gasteiger partial charge in [0.1, 0.15) is 5.54 Å². The number of nitrogens with zero attached hydrogens (tertiary/aromatic N) is 2. The van der Waals surface area contributed by atoms with Gasteiger partial charge in [0, 0.05) is 57.1 Å². The third-order valence-corrected chi connectivity index (χ3v) is 6.66. The van der Waals surface area contributed by atoms with Crippen molar-refractivity contribution in [2.24, 2.45) is 0 Å². The summed E-state index contributed by atoms with van der Waals surface area (Å²) < 4.78 is 10.9. The van der Waals surface area contributed by atoms with Crippen molar-refractivity contribution in [3.05, 3.63) is 18.2 Å². The van der Waals surface area contributed by atoms with E-state index in [0.717, 1.165) is 63.6 Å². The Kier molecular flexibility index (Phi) is 4.36. The van der Waals surface area contributed by atoms with E-state index in [-0.39, 0.29) is 11.4 Å². The molecule has 146 valence electrons. The molecule has 0 atom stereocenters. The number of amides is 1. The number of fused-ring (bicyclic) bond motifs is 1.